The lowest BCUT2D eigenvalue weighted by Gasteiger charge is -2.21. The predicted molar refractivity (Wildman–Crippen MR) is 110 cm³/mol. The van der Waals surface area contributed by atoms with Crippen molar-refractivity contribution in [3.05, 3.63) is 77.2 Å². The molecule has 168 valence electrons. The van der Waals surface area contributed by atoms with Crippen LogP contribution in [0.2, 0.25) is 0 Å². The number of aliphatic imine (C=N–C) groups is 1. The van der Waals surface area contributed by atoms with E-state index in [0.29, 0.717) is 5.56 Å². The second-order valence-corrected chi connectivity index (χ2v) is 7.22. The number of carbonyl (C=O) groups is 2. The Kier molecular flexibility index (Phi) is 5.74. The Morgan fingerprint density at radius 2 is 1.97 bits per heavy atom. The molecule has 0 aliphatic carbocycles. The monoisotopic (exact) mass is 455 g/mol. The Morgan fingerprint density at radius 3 is 2.73 bits per heavy atom. The molecule has 2 aromatic rings. The lowest BCUT2D eigenvalue weighted by Crippen LogP contribution is -2.36. The summed E-state index contributed by atoms with van der Waals surface area (Å²) >= 11 is 0. The van der Waals surface area contributed by atoms with E-state index < -0.39 is 23.7 Å². The van der Waals surface area contributed by atoms with Crippen molar-refractivity contribution in [3.63, 3.8) is 0 Å². The van der Waals surface area contributed by atoms with Gasteiger partial charge >= 0.3 is 18.2 Å². The van der Waals surface area contributed by atoms with Gasteiger partial charge in [0.15, 0.2) is 0 Å². The van der Waals surface area contributed by atoms with Gasteiger partial charge in [0.1, 0.15) is 12.0 Å². The molecule has 0 unspecified atom stereocenters. The van der Waals surface area contributed by atoms with Crippen molar-refractivity contribution in [2.75, 3.05) is 18.4 Å². The number of amides is 3. The molecule has 0 radical (unpaired) electrons. The first-order chi connectivity index (χ1) is 15.7. The molecule has 0 bridgehead atoms. The van der Waals surface area contributed by atoms with Crippen molar-refractivity contribution < 1.29 is 27.5 Å². The van der Waals surface area contributed by atoms with Crippen molar-refractivity contribution in [1.29, 1.82) is 5.26 Å². The van der Waals surface area contributed by atoms with Gasteiger partial charge in [0.05, 0.1) is 17.2 Å². The number of amidine groups is 1. The first-order valence-electron chi connectivity index (χ1n) is 9.74. The zero-order valence-electron chi connectivity index (χ0n) is 17.0. The van der Waals surface area contributed by atoms with Crippen LogP contribution in [-0.2, 0) is 22.3 Å². The van der Waals surface area contributed by atoms with Crippen LogP contribution in [0, 0.1) is 11.3 Å². The number of benzene rings is 2. The summed E-state index contributed by atoms with van der Waals surface area (Å²) in [5, 5.41) is 11.5. The standard InChI is InChI=1S/C22H16F3N5O3/c23-22(24,25)16-5-2-6-17(10-16)27-19(31)18-13-33-21-28-20(32)29(7-8-30(18)21)12-15-4-1-3-14(9-15)11-26/h1-6,9-10,13H,7-8,12H2,(H,27,31). The Labute approximate surface area is 186 Å². The van der Waals surface area contributed by atoms with Gasteiger partial charge in [-0.1, -0.05) is 18.2 Å². The van der Waals surface area contributed by atoms with E-state index in [1.807, 2.05) is 6.07 Å². The zero-order valence-corrected chi connectivity index (χ0v) is 17.0. The number of fused-ring (bicyclic) bond motifs is 1. The molecular formula is C22H16F3N5O3. The lowest BCUT2D eigenvalue weighted by molar-refractivity contribution is -0.137. The van der Waals surface area contributed by atoms with Gasteiger partial charge in [0.25, 0.3) is 5.91 Å². The van der Waals surface area contributed by atoms with Crippen molar-refractivity contribution in [2.45, 2.75) is 12.7 Å². The van der Waals surface area contributed by atoms with E-state index in [9.17, 15) is 22.8 Å². The van der Waals surface area contributed by atoms with Gasteiger partial charge in [-0.05, 0) is 35.9 Å². The van der Waals surface area contributed by atoms with E-state index in [-0.39, 0.29) is 37.0 Å². The summed E-state index contributed by atoms with van der Waals surface area (Å²) in [6.07, 6.45) is -3.45. The number of nitrogens with one attached hydrogen (secondary N) is 1. The number of hydrogen-bond acceptors (Lipinski definition) is 5. The summed E-state index contributed by atoms with van der Waals surface area (Å²) in [5.41, 5.74) is 0.277. The summed E-state index contributed by atoms with van der Waals surface area (Å²) in [7, 11) is 0. The smallest absolute Gasteiger partial charge is 0.416 e. The third-order valence-electron chi connectivity index (χ3n) is 4.96. The zero-order chi connectivity index (χ0) is 23.6. The number of nitrogens with zero attached hydrogens (tertiary/aromatic N) is 4. The molecule has 0 saturated heterocycles. The molecule has 0 saturated carbocycles. The maximum atomic E-state index is 12.9. The highest BCUT2D eigenvalue weighted by molar-refractivity contribution is 6.08. The van der Waals surface area contributed by atoms with E-state index in [1.165, 1.54) is 21.9 Å². The fourth-order valence-electron chi connectivity index (χ4n) is 3.36. The highest BCUT2D eigenvalue weighted by Crippen LogP contribution is 2.31. The summed E-state index contributed by atoms with van der Waals surface area (Å²) in [6, 6.07) is 12.4. The molecular weight excluding hydrogens is 439 g/mol. The molecule has 0 atom stereocenters. The molecule has 8 nitrogen and oxygen atoms in total. The largest absolute Gasteiger partial charge is 0.431 e. The van der Waals surface area contributed by atoms with Crippen LogP contribution < -0.4 is 5.32 Å². The average molecular weight is 455 g/mol. The first-order valence-corrected chi connectivity index (χ1v) is 9.74. The van der Waals surface area contributed by atoms with Crippen LogP contribution in [0.25, 0.3) is 0 Å². The van der Waals surface area contributed by atoms with E-state index >= 15 is 0 Å². The van der Waals surface area contributed by atoms with Crippen LogP contribution in [0.4, 0.5) is 23.7 Å². The second-order valence-electron chi connectivity index (χ2n) is 7.22. The van der Waals surface area contributed by atoms with Gasteiger partial charge in [0, 0.05) is 25.3 Å². The highest BCUT2D eigenvalue weighted by Gasteiger charge is 2.34. The molecule has 1 N–H and O–H groups in total. The van der Waals surface area contributed by atoms with Crippen molar-refractivity contribution in [2.24, 2.45) is 4.99 Å². The fraction of sp³-hybridized carbons (Fsp3) is 0.182. The van der Waals surface area contributed by atoms with Gasteiger partial charge in [-0.15, -0.1) is 4.99 Å². The Bertz CT molecular complexity index is 1220. The maximum Gasteiger partial charge on any atom is 0.416 e. The van der Waals surface area contributed by atoms with Crippen molar-refractivity contribution in [1.82, 2.24) is 9.80 Å². The quantitative estimate of drug-likeness (QED) is 0.759. The van der Waals surface area contributed by atoms with Crippen LogP contribution in [0.5, 0.6) is 0 Å². The Morgan fingerprint density at radius 1 is 1.18 bits per heavy atom. The normalized spacial score (nSPS) is 15.6. The van der Waals surface area contributed by atoms with E-state index in [1.54, 1.807) is 24.3 Å². The van der Waals surface area contributed by atoms with Gasteiger partial charge in [-0.2, -0.15) is 18.4 Å². The second kappa shape index (κ2) is 8.66. The molecule has 3 amide bonds. The molecule has 0 fully saturated rings. The average Bonchev–Trinajstić information content (AvgIpc) is 3.11. The first kappa shape index (κ1) is 21.9. The van der Waals surface area contributed by atoms with Crippen LogP contribution in [0.1, 0.15) is 16.7 Å². The minimum Gasteiger partial charge on any atom is -0.431 e. The molecule has 2 heterocycles. The van der Waals surface area contributed by atoms with Crippen LogP contribution in [0.15, 0.2) is 65.5 Å². The number of rotatable bonds is 4. The Balaban J connectivity index is 1.46. The molecule has 2 aliphatic rings. The number of hydrogen-bond donors (Lipinski definition) is 1. The van der Waals surface area contributed by atoms with E-state index in [2.05, 4.69) is 10.3 Å². The summed E-state index contributed by atoms with van der Waals surface area (Å²) in [6.45, 7) is 0.568. The number of alkyl halides is 3. The van der Waals surface area contributed by atoms with Crippen molar-refractivity contribution >= 4 is 23.6 Å². The topological polar surface area (TPSA) is 98.0 Å². The van der Waals surface area contributed by atoms with E-state index in [4.69, 9.17) is 10.00 Å². The summed E-state index contributed by atoms with van der Waals surface area (Å²) < 4.78 is 44.0. The molecule has 4 rings (SSSR count). The van der Waals surface area contributed by atoms with Gasteiger partial charge in [-0.25, -0.2) is 4.79 Å². The molecule has 2 aliphatic heterocycles. The number of anilines is 1. The number of ether oxygens (including phenoxy) is 1. The molecule has 33 heavy (non-hydrogen) atoms. The molecule has 2 aromatic carbocycles. The third-order valence-corrected chi connectivity index (χ3v) is 4.96. The minimum absolute atomic E-state index is 0.00675. The van der Waals surface area contributed by atoms with Crippen molar-refractivity contribution in [3.8, 4) is 6.07 Å². The number of urea groups is 1. The SMILES string of the molecule is N#Cc1cccc(CN2CCN3C(C(=O)Nc4cccc(C(F)(F)F)c4)=COC3=NC2=O)c1. The number of carbonyl (C=O) groups excluding carboxylic acids is 2. The molecule has 0 aromatic heterocycles. The predicted octanol–water partition coefficient (Wildman–Crippen LogP) is 3.68. The molecule has 11 heteroatoms. The van der Waals surface area contributed by atoms with Gasteiger partial charge in [0.2, 0.25) is 0 Å². The van der Waals surface area contributed by atoms with Gasteiger partial charge < -0.3 is 15.0 Å². The van der Waals surface area contributed by atoms with Gasteiger partial charge in [-0.3, -0.25) is 9.69 Å². The maximum absolute atomic E-state index is 12.9. The van der Waals surface area contributed by atoms with Crippen LogP contribution in [0.3, 0.4) is 0 Å². The number of halogens is 3. The Hall–Kier alpha value is -4.33. The fourth-order valence-corrected chi connectivity index (χ4v) is 3.36. The number of nitriles is 1. The highest BCUT2D eigenvalue weighted by atomic mass is 19.4. The molecule has 0 spiro atoms. The van der Waals surface area contributed by atoms with Crippen LogP contribution >= 0.6 is 0 Å². The summed E-state index contributed by atoms with van der Waals surface area (Å²) in [4.78, 5) is 32.0. The lowest BCUT2D eigenvalue weighted by atomic mass is 10.1. The third kappa shape index (κ3) is 4.79. The minimum atomic E-state index is -4.54. The van der Waals surface area contributed by atoms with E-state index in [0.717, 1.165) is 24.0 Å². The summed E-state index contributed by atoms with van der Waals surface area (Å²) in [5.74, 6) is -0.706. The van der Waals surface area contributed by atoms with Crippen LogP contribution in [-0.4, -0.2) is 40.8 Å².